The van der Waals surface area contributed by atoms with Gasteiger partial charge < -0.3 is 14.6 Å². The number of hydrogen-bond donors (Lipinski definition) is 2. The molecule has 0 unspecified atom stereocenters. The summed E-state index contributed by atoms with van der Waals surface area (Å²) in [7, 11) is 0. The van der Waals surface area contributed by atoms with Gasteiger partial charge in [0, 0.05) is 12.0 Å². The van der Waals surface area contributed by atoms with E-state index >= 15 is 0 Å². The van der Waals surface area contributed by atoms with Crippen molar-refractivity contribution in [2.24, 2.45) is 0 Å². The maximum atomic E-state index is 12.5. The van der Waals surface area contributed by atoms with Crippen molar-refractivity contribution in [2.75, 3.05) is 11.9 Å². The summed E-state index contributed by atoms with van der Waals surface area (Å²) in [5, 5.41) is 11.6. The molecular formula is C23H17F2NO5. The first-order chi connectivity index (χ1) is 14.9. The first kappa shape index (κ1) is 20.3. The van der Waals surface area contributed by atoms with Gasteiger partial charge in [-0.15, -0.1) is 0 Å². The number of carboxylic acids is 1. The van der Waals surface area contributed by atoms with Crippen molar-refractivity contribution in [1.82, 2.24) is 0 Å². The molecule has 0 spiro atoms. The molecule has 1 aliphatic carbocycles. The number of carboxylic acid groups (broad SMARTS) is 1. The number of nitrogens with one attached hydrogen (secondary N) is 1. The Morgan fingerprint density at radius 2 is 1.58 bits per heavy atom. The Morgan fingerprint density at radius 1 is 0.968 bits per heavy atom. The van der Waals surface area contributed by atoms with E-state index in [2.05, 4.69) is 10.1 Å². The second kappa shape index (κ2) is 8.43. The lowest BCUT2D eigenvalue weighted by atomic mass is 9.98. The molecule has 158 valence electrons. The zero-order valence-corrected chi connectivity index (χ0v) is 16.0. The lowest BCUT2D eigenvalue weighted by Gasteiger charge is -2.15. The molecule has 6 nitrogen and oxygen atoms in total. The van der Waals surface area contributed by atoms with Crippen LogP contribution in [0.2, 0.25) is 0 Å². The third-order valence-electron chi connectivity index (χ3n) is 5.03. The maximum Gasteiger partial charge on any atom is 0.411 e. The van der Waals surface area contributed by atoms with E-state index in [1.807, 2.05) is 48.5 Å². The summed E-state index contributed by atoms with van der Waals surface area (Å²) < 4.78 is 34.6. The topological polar surface area (TPSA) is 84.9 Å². The van der Waals surface area contributed by atoms with Crippen LogP contribution in [0, 0.1) is 0 Å². The van der Waals surface area contributed by atoms with E-state index < -0.39 is 18.7 Å². The summed E-state index contributed by atoms with van der Waals surface area (Å²) in [5.41, 5.74) is 3.69. The molecule has 8 heteroatoms. The first-order valence-electron chi connectivity index (χ1n) is 9.38. The average Bonchev–Trinajstić information content (AvgIpc) is 3.05. The second-order valence-corrected chi connectivity index (χ2v) is 6.84. The van der Waals surface area contributed by atoms with Gasteiger partial charge in [-0.25, -0.2) is 9.59 Å². The quantitative estimate of drug-likeness (QED) is 0.556. The van der Waals surface area contributed by atoms with Crippen LogP contribution in [-0.2, 0) is 4.74 Å². The van der Waals surface area contributed by atoms with E-state index in [0.717, 1.165) is 40.5 Å². The van der Waals surface area contributed by atoms with E-state index in [4.69, 9.17) is 4.74 Å². The average molecular weight is 425 g/mol. The standard InChI is InChI=1S/C23H17F2NO5/c24-22(25)31-13-9-10-18(21(27)28)20(11-13)26-23(29)30-12-19-16-7-3-1-5-14(16)15-6-2-4-8-17(15)19/h1-11,19,22H,12H2,(H,26,29)(H,27,28). The Bertz CT molecular complexity index is 1100. The number of carbonyl (C=O) groups is 2. The molecule has 2 N–H and O–H groups in total. The van der Waals surface area contributed by atoms with Crippen molar-refractivity contribution in [3.63, 3.8) is 0 Å². The van der Waals surface area contributed by atoms with Crippen LogP contribution in [0.15, 0.2) is 66.7 Å². The molecule has 0 aromatic heterocycles. The van der Waals surface area contributed by atoms with Crippen molar-refractivity contribution >= 4 is 17.7 Å². The Balaban J connectivity index is 1.51. The van der Waals surface area contributed by atoms with E-state index in [0.29, 0.717) is 0 Å². The fourth-order valence-electron chi connectivity index (χ4n) is 3.73. The summed E-state index contributed by atoms with van der Waals surface area (Å²) >= 11 is 0. The predicted molar refractivity (Wildman–Crippen MR) is 109 cm³/mol. The molecule has 0 radical (unpaired) electrons. The number of hydrogen-bond acceptors (Lipinski definition) is 4. The number of fused-ring (bicyclic) bond motifs is 3. The minimum Gasteiger partial charge on any atom is -0.478 e. The highest BCUT2D eigenvalue weighted by atomic mass is 19.3. The largest absolute Gasteiger partial charge is 0.478 e. The number of halogens is 2. The third-order valence-corrected chi connectivity index (χ3v) is 5.03. The number of amides is 1. The molecule has 0 bridgehead atoms. The van der Waals surface area contributed by atoms with E-state index in [-0.39, 0.29) is 29.5 Å². The number of benzene rings is 3. The molecule has 0 heterocycles. The minimum atomic E-state index is -3.09. The smallest absolute Gasteiger partial charge is 0.411 e. The summed E-state index contributed by atoms with van der Waals surface area (Å²) in [6.07, 6.45) is -0.904. The number of carbonyl (C=O) groups excluding carboxylic acids is 1. The van der Waals surface area contributed by atoms with E-state index in [9.17, 15) is 23.5 Å². The Morgan fingerprint density at radius 3 is 2.16 bits per heavy atom. The SMILES string of the molecule is O=C(Nc1cc(OC(F)F)ccc1C(=O)O)OCC1c2ccccc2-c2ccccc21. The second-order valence-electron chi connectivity index (χ2n) is 6.84. The summed E-state index contributed by atoms with van der Waals surface area (Å²) in [5.74, 6) is -1.79. The van der Waals surface area contributed by atoms with Crippen molar-refractivity contribution < 1.29 is 33.0 Å². The molecule has 0 atom stereocenters. The van der Waals surface area contributed by atoms with Gasteiger partial charge >= 0.3 is 18.7 Å². The molecule has 1 aliphatic rings. The van der Waals surface area contributed by atoms with Crippen LogP contribution in [-0.4, -0.2) is 30.4 Å². The van der Waals surface area contributed by atoms with Gasteiger partial charge in [0.05, 0.1) is 11.3 Å². The third kappa shape index (κ3) is 4.18. The summed E-state index contributed by atoms with van der Waals surface area (Å²) in [4.78, 5) is 23.8. The first-order valence-corrected chi connectivity index (χ1v) is 9.38. The zero-order valence-electron chi connectivity index (χ0n) is 16.0. The van der Waals surface area contributed by atoms with Crippen LogP contribution >= 0.6 is 0 Å². The lowest BCUT2D eigenvalue weighted by Crippen LogP contribution is -2.19. The Hall–Kier alpha value is -3.94. The monoisotopic (exact) mass is 425 g/mol. The molecule has 0 fully saturated rings. The van der Waals surface area contributed by atoms with Gasteiger partial charge in [0.2, 0.25) is 0 Å². The van der Waals surface area contributed by atoms with Crippen molar-refractivity contribution in [1.29, 1.82) is 0 Å². The van der Waals surface area contributed by atoms with Gasteiger partial charge in [-0.05, 0) is 34.4 Å². The summed E-state index contributed by atoms with van der Waals surface area (Å²) in [6.45, 7) is -3.06. The van der Waals surface area contributed by atoms with Gasteiger partial charge in [-0.2, -0.15) is 8.78 Å². The van der Waals surface area contributed by atoms with Crippen LogP contribution in [0.1, 0.15) is 27.4 Å². The molecule has 3 aromatic carbocycles. The van der Waals surface area contributed by atoms with Gasteiger partial charge in [-0.1, -0.05) is 48.5 Å². The number of alkyl halides is 2. The van der Waals surface area contributed by atoms with Crippen LogP contribution in [0.25, 0.3) is 11.1 Å². The van der Waals surface area contributed by atoms with Crippen molar-refractivity contribution in [2.45, 2.75) is 12.5 Å². The molecule has 1 amide bonds. The Kier molecular flexibility index (Phi) is 5.53. The molecule has 4 rings (SSSR count). The number of ether oxygens (including phenoxy) is 2. The molecule has 0 saturated carbocycles. The molecule has 3 aromatic rings. The lowest BCUT2D eigenvalue weighted by molar-refractivity contribution is -0.0498. The van der Waals surface area contributed by atoms with Crippen molar-refractivity contribution in [3.8, 4) is 16.9 Å². The van der Waals surface area contributed by atoms with Crippen LogP contribution < -0.4 is 10.1 Å². The number of anilines is 1. The van der Waals surface area contributed by atoms with Gasteiger partial charge in [0.25, 0.3) is 0 Å². The fraction of sp³-hybridized carbons (Fsp3) is 0.130. The minimum absolute atomic E-state index is 0.0233. The number of rotatable bonds is 6. The fourth-order valence-corrected chi connectivity index (χ4v) is 3.73. The van der Waals surface area contributed by atoms with Gasteiger partial charge in [-0.3, -0.25) is 5.32 Å². The molecule has 31 heavy (non-hydrogen) atoms. The highest BCUT2D eigenvalue weighted by molar-refractivity contribution is 5.99. The molecule has 0 saturated heterocycles. The van der Waals surface area contributed by atoms with Crippen molar-refractivity contribution in [3.05, 3.63) is 83.4 Å². The van der Waals surface area contributed by atoms with Gasteiger partial charge in [0.15, 0.2) is 0 Å². The molecular weight excluding hydrogens is 408 g/mol. The maximum absolute atomic E-state index is 12.5. The predicted octanol–water partition coefficient (Wildman–Crippen LogP) is 5.35. The Labute approximate surface area is 176 Å². The summed E-state index contributed by atoms with van der Waals surface area (Å²) in [6, 6.07) is 18.8. The highest BCUT2D eigenvalue weighted by Gasteiger charge is 2.29. The number of aromatic carboxylic acids is 1. The van der Waals surface area contributed by atoms with Crippen LogP contribution in [0.4, 0.5) is 19.3 Å². The highest BCUT2D eigenvalue weighted by Crippen LogP contribution is 2.44. The van der Waals surface area contributed by atoms with Crippen LogP contribution in [0.5, 0.6) is 5.75 Å². The normalized spacial score (nSPS) is 12.2. The van der Waals surface area contributed by atoms with Gasteiger partial charge in [0.1, 0.15) is 12.4 Å². The van der Waals surface area contributed by atoms with E-state index in [1.165, 1.54) is 0 Å². The van der Waals surface area contributed by atoms with Crippen LogP contribution in [0.3, 0.4) is 0 Å². The zero-order chi connectivity index (χ0) is 22.0. The van der Waals surface area contributed by atoms with E-state index in [1.54, 1.807) is 0 Å². The molecule has 0 aliphatic heterocycles.